The molecule has 3 nitrogen and oxygen atoms in total. The van der Waals surface area contributed by atoms with E-state index in [0.29, 0.717) is 13.2 Å². The lowest BCUT2D eigenvalue weighted by Gasteiger charge is -2.25. The van der Waals surface area contributed by atoms with E-state index in [2.05, 4.69) is 5.32 Å². The Kier molecular flexibility index (Phi) is 5.73. The van der Waals surface area contributed by atoms with Crippen molar-refractivity contribution in [2.45, 2.75) is 58.2 Å². The van der Waals surface area contributed by atoms with Crippen LogP contribution >= 0.6 is 0 Å². The van der Waals surface area contributed by atoms with Crippen LogP contribution in [0.4, 0.5) is 0 Å². The van der Waals surface area contributed by atoms with Crippen molar-refractivity contribution in [2.24, 2.45) is 5.92 Å². The first-order valence-corrected chi connectivity index (χ1v) is 6.50. The Morgan fingerprint density at radius 1 is 1.38 bits per heavy atom. The van der Waals surface area contributed by atoms with Crippen molar-refractivity contribution < 1.29 is 9.84 Å². The molecule has 16 heavy (non-hydrogen) atoms. The van der Waals surface area contributed by atoms with E-state index in [1.54, 1.807) is 0 Å². The summed E-state index contributed by atoms with van der Waals surface area (Å²) in [5.74, 6) is 0.940. The molecule has 2 N–H and O–H groups in total. The molecular weight excluding hydrogens is 202 g/mol. The molecule has 0 saturated heterocycles. The molecule has 1 aliphatic carbocycles. The molecule has 0 aromatic carbocycles. The normalized spacial score (nSPS) is 19.5. The highest BCUT2D eigenvalue weighted by Gasteiger charge is 2.17. The van der Waals surface area contributed by atoms with Crippen molar-refractivity contribution in [1.82, 2.24) is 5.32 Å². The predicted octanol–water partition coefficient (Wildman–Crippen LogP) is 1.94. The highest BCUT2D eigenvalue weighted by Crippen LogP contribution is 2.28. The van der Waals surface area contributed by atoms with Crippen molar-refractivity contribution >= 4 is 0 Å². The van der Waals surface area contributed by atoms with Gasteiger partial charge in [0.25, 0.3) is 0 Å². The summed E-state index contributed by atoms with van der Waals surface area (Å²) < 4.78 is 5.51. The Balaban J connectivity index is 1.91. The summed E-state index contributed by atoms with van der Waals surface area (Å²) in [6.07, 6.45) is 5.08. The van der Waals surface area contributed by atoms with E-state index in [0.717, 1.165) is 12.5 Å². The molecule has 0 spiro atoms. The highest BCUT2D eigenvalue weighted by atomic mass is 16.5. The van der Waals surface area contributed by atoms with Crippen LogP contribution in [0, 0.1) is 5.92 Å². The van der Waals surface area contributed by atoms with E-state index >= 15 is 0 Å². The Hall–Kier alpha value is -0.120. The second kappa shape index (κ2) is 6.58. The first kappa shape index (κ1) is 13.9. The lowest BCUT2D eigenvalue weighted by molar-refractivity contribution is -0.0478. The molecule has 1 fully saturated rings. The van der Waals surface area contributed by atoms with Crippen molar-refractivity contribution in [2.75, 3.05) is 19.7 Å². The Labute approximate surface area is 99.6 Å². The number of ether oxygens (including phenoxy) is 1. The molecule has 1 rings (SSSR count). The number of nitrogens with one attached hydrogen (secondary N) is 1. The molecule has 0 aliphatic heterocycles. The van der Waals surface area contributed by atoms with E-state index in [-0.39, 0.29) is 11.7 Å². The smallest absolute Gasteiger partial charge is 0.0897 e. The minimum atomic E-state index is -0.388. The maximum atomic E-state index is 9.66. The van der Waals surface area contributed by atoms with Gasteiger partial charge in [0.15, 0.2) is 0 Å². The highest BCUT2D eigenvalue weighted by molar-refractivity contribution is 4.71. The van der Waals surface area contributed by atoms with Crippen molar-refractivity contribution in [3.8, 4) is 0 Å². The third-order valence-electron chi connectivity index (χ3n) is 3.04. The molecule has 1 unspecified atom stereocenters. The summed E-state index contributed by atoms with van der Waals surface area (Å²) in [6, 6.07) is 0. The van der Waals surface area contributed by atoms with Crippen LogP contribution in [-0.4, -0.2) is 36.5 Å². The molecule has 1 saturated carbocycles. The van der Waals surface area contributed by atoms with E-state index in [9.17, 15) is 5.11 Å². The van der Waals surface area contributed by atoms with Gasteiger partial charge in [-0.1, -0.05) is 19.3 Å². The second-order valence-corrected chi connectivity index (χ2v) is 5.87. The van der Waals surface area contributed by atoms with Crippen LogP contribution in [0.15, 0.2) is 0 Å². The van der Waals surface area contributed by atoms with Gasteiger partial charge in [-0.2, -0.15) is 0 Å². The van der Waals surface area contributed by atoms with Gasteiger partial charge in [0.1, 0.15) is 0 Å². The van der Waals surface area contributed by atoms with Crippen LogP contribution in [0.1, 0.15) is 46.5 Å². The Morgan fingerprint density at radius 2 is 2.06 bits per heavy atom. The monoisotopic (exact) mass is 229 g/mol. The van der Waals surface area contributed by atoms with Crippen molar-refractivity contribution in [3.63, 3.8) is 0 Å². The number of aliphatic hydroxyl groups excluding tert-OH is 1. The van der Waals surface area contributed by atoms with E-state index in [4.69, 9.17) is 4.74 Å². The Bertz CT molecular complexity index is 185. The summed E-state index contributed by atoms with van der Waals surface area (Å²) in [5, 5.41) is 13.0. The van der Waals surface area contributed by atoms with Crippen LogP contribution in [0.5, 0.6) is 0 Å². The van der Waals surface area contributed by atoms with Gasteiger partial charge < -0.3 is 15.2 Å². The summed E-state index contributed by atoms with van der Waals surface area (Å²) in [4.78, 5) is 0. The van der Waals surface area contributed by atoms with Gasteiger partial charge in [-0.05, 0) is 39.7 Å². The zero-order valence-corrected chi connectivity index (χ0v) is 11.0. The van der Waals surface area contributed by atoms with Crippen LogP contribution < -0.4 is 5.32 Å². The molecule has 0 heterocycles. The minimum absolute atomic E-state index is 0.160. The predicted molar refractivity (Wildman–Crippen MR) is 66.5 cm³/mol. The second-order valence-electron chi connectivity index (χ2n) is 5.87. The van der Waals surface area contributed by atoms with Gasteiger partial charge in [0.2, 0.25) is 0 Å². The molecule has 0 aromatic rings. The van der Waals surface area contributed by atoms with Gasteiger partial charge in [0, 0.05) is 6.54 Å². The van der Waals surface area contributed by atoms with Crippen LogP contribution in [0.25, 0.3) is 0 Å². The van der Waals surface area contributed by atoms with Crippen LogP contribution in [0.2, 0.25) is 0 Å². The molecule has 0 radical (unpaired) electrons. The zero-order valence-electron chi connectivity index (χ0n) is 11.0. The first-order chi connectivity index (χ1) is 7.47. The number of aliphatic hydroxyl groups is 1. The molecule has 0 bridgehead atoms. The third-order valence-corrected chi connectivity index (χ3v) is 3.04. The molecule has 1 atom stereocenters. The topological polar surface area (TPSA) is 41.5 Å². The maximum absolute atomic E-state index is 9.66. The van der Waals surface area contributed by atoms with E-state index in [1.165, 1.54) is 25.7 Å². The largest absolute Gasteiger partial charge is 0.389 e. The Morgan fingerprint density at radius 3 is 2.56 bits per heavy atom. The molecule has 96 valence electrons. The number of hydrogen-bond donors (Lipinski definition) is 2. The van der Waals surface area contributed by atoms with Crippen molar-refractivity contribution in [3.05, 3.63) is 0 Å². The standard InChI is InChI=1S/C13H27NO2/c1-13(2,3)16-10-12(15)9-14-8-7-11-5-4-6-11/h11-12,14-15H,4-10H2,1-3H3. The van der Waals surface area contributed by atoms with Crippen molar-refractivity contribution in [1.29, 1.82) is 0 Å². The molecule has 3 heteroatoms. The number of rotatable bonds is 7. The van der Waals surface area contributed by atoms with Crippen LogP contribution in [-0.2, 0) is 4.74 Å². The fourth-order valence-electron chi connectivity index (χ4n) is 1.76. The van der Waals surface area contributed by atoms with Gasteiger partial charge in [-0.15, -0.1) is 0 Å². The lowest BCUT2D eigenvalue weighted by atomic mass is 9.83. The lowest BCUT2D eigenvalue weighted by Crippen LogP contribution is -2.34. The third kappa shape index (κ3) is 6.46. The molecule has 1 aliphatic rings. The average molecular weight is 229 g/mol. The summed E-state index contributed by atoms with van der Waals surface area (Å²) >= 11 is 0. The van der Waals surface area contributed by atoms with E-state index < -0.39 is 0 Å². The fraction of sp³-hybridized carbons (Fsp3) is 1.00. The quantitative estimate of drug-likeness (QED) is 0.656. The average Bonchev–Trinajstić information content (AvgIpc) is 2.10. The molecule has 0 aromatic heterocycles. The van der Waals surface area contributed by atoms with Gasteiger partial charge in [0.05, 0.1) is 18.3 Å². The van der Waals surface area contributed by atoms with Crippen LogP contribution in [0.3, 0.4) is 0 Å². The van der Waals surface area contributed by atoms with Gasteiger partial charge >= 0.3 is 0 Å². The van der Waals surface area contributed by atoms with Gasteiger partial charge in [-0.3, -0.25) is 0 Å². The minimum Gasteiger partial charge on any atom is -0.389 e. The SMILES string of the molecule is CC(C)(C)OCC(O)CNCCC1CCC1. The zero-order chi connectivity index (χ0) is 12.0. The number of hydrogen-bond acceptors (Lipinski definition) is 3. The maximum Gasteiger partial charge on any atom is 0.0897 e. The molecule has 0 amide bonds. The summed E-state index contributed by atoms with van der Waals surface area (Å²) in [7, 11) is 0. The van der Waals surface area contributed by atoms with E-state index in [1.807, 2.05) is 20.8 Å². The molecular formula is C13H27NO2. The fourth-order valence-corrected chi connectivity index (χ4v) is 1.76. The van der Waals surface area contributed by atoms with Gasteiger partial charge in [-0.25, -0.2) is 0 Å². The summed E-state index contributed by atoms with van der Waals surface area (Å²) in [5.41, 5.74) is -0.160. The summed E-state index contributed by atoms with van der Waals surface area (Å²) in [6.45, 7) is 8.09. The first-order valence-electron chi connectivity index (χ1n) is 6.50.